The molecular weight excluding hydrogens is 263 g/mol. The molecular formula is C13H13FN4O2. The molecule has 3 N–H and O–H groups in total. The van der Waals surface area contributed by atoms with Crippen LogP contribution in [0.25, 0.3) is 0 Å². The molecule has 0 spiro atoms. The van der Waals surface area contributed by atoms with E-state index in [2.05, 4.69) is 10.4 Å². The van der Waals surface area contributed by atoms with Crippen LogP contribution in [0.2, 0.25) is 0 Å². The molecule has 1 aromatic heterocycles. The summed E-state index contributed by atoms with van der Waals surface area (Å²) in [7, 11) is 1.67. The van der Waals surface area contributed by atoms with E-state index in [0.29, 0.717) is 11.1 Å². The van der Waals surface area contributed by atoms with Gasteiger partial charge in [0.15, 0.2) is 0 Å². The van der Waals surface area contributed by atoms with Gasteiger partial charge in [0, 0.05) is 13.2 Å². The average molecular weight is 276 g/mol. The highest BCUT2D eigenvalue weighted by Crippen LogP contribution is 2.14. The number of hydrogen-bond acceptors (Lipinski definition) is 3. The van der Waals surface area contributed by atoms with Crippen LogP contribution in [0, 0.1) is 5.82 Å². The fourth-order valence-corrected chi connectivity index (χ4v) is 1.73. The summed E-state index contributed by atoms with van der Waals surface area (Å²) in [5.74, 6) is -1.64. The summed E-state index contributed by atoms with van der Waals surface area (Å²) in [4.78, 5) is 23.4. The third kappa shape index (κ3) is 3.00. The molecule has 7 heteroatoms. The predicted octanol–water partition coefficient (Wildman–Crippen LogP) is 0.516. The highest BCUT2D eigenvalue weighted by molar-refractivity contribution is 5.97. The molecule has 2 amide bonds. The molecule has 2 aromatic rings. The SMILES string of the molecule is Cn1cc(C(=O)N[C@H](C(N)=O)c2ccc(F)cc2)cn1. The van der Waals surface area contributed by atoms with Gasteiger partial charge in [-0.2, -0.15) is 5.10 Å². The second kappa shape index (κ2) is 5.52. The van der Waals surface area contributed by atoms with Crippen molar-refractivity contribution in [2.24, 2.45) is 12.8 Å². The molecule has 1 atom stereocenters. The number of hydrogen-bond donors (Lipinski definition) is 2. The van der Waals surface area contributed by atoms with Crippen molar-refractivity contribution in [2.75, 3.05) is 0 Å². The molecule has 0 fully saturated rings. The van der Waals surface area contributed by atoms with Gasteiger partial charge < -0.3 is 11.1 Å². The number of nitrogens with two attached hydrogens (primary N) is 1. The summed E-state index contributed by atoms with van der Waals surface area (Å²) in [5, 5.41) is 6.36. The predicted molar refractivity (Wildman–Crippen MR) is 69.0 cm³/mol. The number of nitrogens with one attached hydrogen (secondary N) is 1. The molecule has 0 aliphatic heterocycles. The van der Waals surface area contributed by atoms with E-state index in [1.807, 2.05) is 0 Å². The maximum Gasteiger partial charge on any atom is 0.255 e. The summed E-state index contributed by atoms with van der Waals surface area (Å²) in [6.45, 7) is 0. The number of primary amides is 1. The number of aryl methyl sites for hydroxylation is 1. The molecule has 1 heterocycles. The van der Waals surface area contributed by atoms with Crippen LogP contribution in [0.15, 0.2) is 36.7 Å². The lowest BCUT2D eigenvalue weighted by molar-refractivity contribution is -0.120. The Kier molecular flexibility index (Phi) is 3.79. The monoisotopic (exact) mass is 276 g/mol. The summed E-state index contributed by atoms with van der Waals surface area (Å²) in [6.07, 6.45) is 2.89. The van der Waals surface area contributed by atoms with Crippen molar-refractivity contribution < 1.29 is 14.0 Å². The third-order valence-corrected chi connectivity index (χ3v) is 2.73. The zero-order valence-corrected chi connectivity index (χ0v) is 10.7. The van der Waals surface area contributed by atoms with Gasteiger partial charge in [-0.1, -0.05) is 12.1 Å². The van der Waals surface area contributed by atoms with Crippen molar-refractivity contribution in [1.29, 1.82) is 0 Å². The van der Waals surface area contributed by atoms with Crippen LogP contribution in [0.1, 0.15) is 22.0 Å². The molecule has 0 aliphatic rings. The van der Waals surface area contributed by atoms with E-state index in [-0.39, 0.29) is 0 Å². The van der Waals surface area contributed by atoms with E-state index >= 15 is 0 Å². The highest BCUT2D eigenvalue weighted by Gasteiger charge is 2.21. The van der Waals surface area contributed by atoms with Crippen LogP contribution < -0.4 is 11.1 Å². The number of rotatable bonds is 4. The Bertz CT molecular complexity index is 636. The molecule has 0 saturated heterocycles. The van der Waals surface area contributed by atoms with E-state index in [0.717, 1.165) is 0 Å². The zero-order chi connectivity index (χ0) is 14.7. The second-order valence-electron chi connectivity index (χ2n) is 4.26. The first-order valence-corrected chi connectivity index (χ1v) is 5.81. The number of halogens is 1. The lowest BCUT2D eigenvalue weighted by atomic mass is 10.1. The van der Waals surface area contributed by atoms with Crippen molar-refractivity contribution in [3.63, 3.8) is 0 Å². The summed E-state index contributed by atoms with van der Waals surface area (Å²) in [5.41, 5.74) is 5.99. The van der Waals surface area contributed by atoms with Crippen molar-refractivity contribution in [3.8, 4) is 0 Å². The first-order valence-electron chi connectivity index (χ1n) is 5.81. The summed E-state index contributed by atoms with van der Waals surface area (Å²) < 4.78 is 14.3. The van der Waals surface area contributed by atoms with Crippen LogP contribution in [0.4, 0.5) is 4.39 Å². The zero-order valence-electron chi connectivity index (χ0n) is 10.7. The van der Waals surface area contributed by atoms with Crippen LogP contribution in [-0.2, 0) is 11.8 Å². The van der Waals surface area contributed by atoms with Gasteiger partial charge in [-0.15, -0.1) is 0 Å². The number of amides is 2. The normalized spacial score (nSPS) is 11.9. The van der Waals surface area contributed by atoms with Gasteiger partial charge in [0.05, 0.1) is 11.8 Å². The minimum Gasteiger partial charge on any atom is -0.368 e. The maximum atomic E-state index is 12.9. The number of carbonyl (C=O) groups is 2. The summed E-state index contributed by atoms with van der Waals surface area (Å²) >= 11 is 0. The van der Waals surface area contributed by atoms with Crippen molar-refractivity contribution in [3.05, 3.63) is 53.6 Å². The van der Waals surface area contributed by atoms with Crippen LogP contribution in [0.3, 0.4) is 0 Å². The fraction of sp³-hybridized carbons (Fsp3) is 0.154. The lowest BCUT2D eigenvalue weighted by Crippen LogP contribution is -2.37. The smallest absolute Gasteiger partial charge is 0.255 e. The third-order valence-electron chi connectivity index (χ3n) is 2.73. The van der Waals surface area contributed by atoms with Gasteiger partial charge in [-0.3, -0.25) is 14.3 Å². The Balaban J connectivity index is 2.20. The second-order valence-corrected chi connectivity index (χ2v) is 4.26. The first-order chi connectivity index (χ1) is 9.47. The molecule has 0 unspecified atom stereocenters. The Morgan fingerprint density at radius 1 is 1.35 bits per heavy atom. The molecule has 0 saturated carbocycles. The van der Waals surface area contributed by atoms with E-state index < -0.39 is 23.7 Å². The Labute approximate surface area is 114 Å². The number of carbonyl (C=O) groups excluding carboxylic acids is 2. The van der Waals surface area contributed by atoms with Gasteiger partial charge in [-0.05, 0) is 17.7 Å². The van der Waals surface area contributed by atoms with Crippen molar-refractivity contribution >= 4 is 11.8 Å². The first kappa shape index (κ1) is 13.7. The van der Waals surface area contributed by atoms with Gasteiger partial charge in [-0.25, -0.2) is 4.39 Å². The van der Waals surface area contributed by atoms with E-state index in [9.17, 15) is 14.0 Å². The highest BCUT2D eigenvalue weighted by atomic mass is 19.1. The molecule has 1 aromatic carbocycles. The number of nitrogens with zero attached hydrogens (tertiary/aromatic N) is 2. The van der Waals surface area contributed by atoms with Gasteiger partial charge in [0.25, 0.3) is 5.91 Å². The van der Waals surface area contributed by atoms with Gasteiger partial charge >= 0.3 is 0 Å². The van der Waals surface area contributed by atoms with E-state index in [4.69, 9.17) is 5.73 Å². The van der Waals surface area contributed by atoms with Crippen LogP contribution in [0.5, 0.6) is 0 Å². The maximum absolute atomic E-state index is 12.9. The van der Waals surface area contributed by atoms with E-state index in [1.54, 1.807) is 7.05 Å². The fourth-order valence-electron chi connectivity index (χ4n) is 1.73. The summed E-state index contributed by atoms with van der Waals surface area (Å²) in [6, 6.07) is 4.16. The van der Waals surface area contributed by atoms with Crippen molar-refractivity contribution in [1.82, 2.24) is 15.1 Å². The molecule has 6 nitrogen and oxygen atoms in total. The van der Waals surface area contributed by atoms with Gasteiger partial charge in [0.1, 0.15) is 11.9 Å². The van der Waals surface area contributed by atoms with Crippen LogP contribution in [-0.4, -0.2) is 21.6 Å². The minimum absolute atomic E-state index is 0.306. The molecule has 0 bridgehead atoms. The van der Waals surface area contributed by atoms with Crippen molar-refractivity contribution in [2.45, 2.75) is 6.04 Å². The van der Waals surface area contributed by atoms with Gasteiger partial charge in [0.2, 0.25) is 5.91 Å². The van der Waals surface area contributed by atoms with E-state index in [1.165, 1.54) is 41.3 Å². The quantitative estimate of drug-likeness (QED) is 0.852. The molecule has 0 radical (unpaired) electrons. The van der Waals surface area contributed by atoms with Crippen LogP contribution >= 0.6 is 0 Å². The Hall–Kier alpha value is -2.70. The number of aromatic nitrogens is 2. The molecule has 104 valence electrons. The lowest BCUT2D eigenvalue weighted by Gasteiger charge is -2.15. The topological polar surface area (TPSA) is 90.0 Å². The Morgan fingerprint density at radius 2 is 2.00 bits per heavy atom. The standard InChI is InChI=1S/C13H13FN4O2/c1-18-7-9(6-16-18)13(20)17-11(12(15)19)8-2-4-10(14)5-3-8/h2-7,11H,1H3,(H2,15,19)(H,17,20)/t11-/m0/s1. The number of benzene rings is 1. The molecule has 2 rings (SSSR count). The molecule has 20 heavy (non-hydrogen) atoms. The average Bonchev–Trinajstić information content (AvgIpc) is 2.83. The molecule has 0 aliphatic carbocycles. The largest absolute Gasteiger partial charge is 0.368 e. The minimum atomic E-state index is -1.02. The Morgan fingerprint density at radius 3 is 2.50 bits per heavy atom.